The summed E-state index contributed by atoms with van der Waals surface area (Å²) in [6.45, 7) is 2.47. The molecule has 2 aromatic rings. The van der Waals surface area contributed by atoms with Crippen LogP contribution in [0.1, 0.15) is 49.4 Å². The van der Waals surface area contributed by atoms with E-state index in [0.717, 1.165) is 31.5 Å². The number of carbonyl (C=O) groups excluding carboxylic acids is 1. The first kappa shape index (κ1) is 16.5. The third-order valence-corrected chi connectivity index (χ3v) is 4.47. The lowest BCUT2D eigenvalue weighted by atomic mass is 9.93. The third-order valence-electron chi connectivity index (χ3n) is 4.47. The van der Waals surface area contributed by atoms with Crippen molar-refractivity contribution in [2.75, 3.05) is 11.5 Å². The minimum atomic E-state index is -0.0235. The molecule has 4 nitrogen and oxygen atoms in total. The van der Waals surface area contributed by atoms with Crippen LogP contribution in [0.2, 0.25) is 0 Å². The largest absolute Gasteiger partial charge is 0.493 e. The number of hydrogen-bond donors (Lipinski definition) is 0. The molecule has 0 saturated heterocycles. The fourth-order valence-electron chi connectivity index (χ4n) is 3.35. The van der Waals surface area contributed by atoms with Gasteiger partial charge in [0.2, 0.25) is 0 Å². The number of rotatable bonds is 5. The van der Waals surface area contributed by atoms with Gasteiger partial charge in [-0.3, -0.25) is 9.69 Å². The van der Waals surface area contributed by atoms with Gasteiger partial charge in [-0.05, 0) is 44.0 Å². The van der Waals surface area contributed by atoms with E-state index in [1.807, 2.05) is 54.3 Å². The second kappa shape index (κ2) is 7.95. The Morgan fingerprint density at radius 3 is 2.58 bits per heavy atom. The Kier molecular flexibility index (Phi) is 5.47. The summed E-state index contributed by atoms with van der Waals surface area (Å²) in [6, 6.07) is 13.4. The highest BCUT2D eigenvalue weighted by molar-refractivity contribution is 6.07. The Morgan fingerprint density at radius 2 is 1.88 bits per heavy atom. The molecule has 24 heavy (non-hydrogen) atoms. The van der Waals surface area contributed by atoms with Crippen molar-refractivity contribution in [1.29, 1.82) is 0 Å². The summed E-state index contributed by atoms with van der Waals surface area (Å²) in [4.78, 5) is 19.7. The number of anilines is 1. The maximum atomic E-state index is 13.3. The molecule has 126 valence electrons. The van der Waals surface area contributed by atoms with Crippen LogP contribution in [0.15, 0.2) is 48.7 Å². The summed E-state index contributed by atoms with van der Waals surface area (Å²) in [5.41, 5.74) is 0.607. The van der Waals surface area contributed by atoms with Crippen molar-refractivity contribution in [3.05, 3.63) is 54.2 Å². The van der Waals surface area contributed by atoms with Crippen LogP contribution in [0, 0.1) is 0 Å². The number of para-hydroxylation sites is 1. The second-order valence-electron chi connectivity index (χ2n) is 6.08. The van der Waals surface area contributed by atoms with Crippen molar-refractivity contribution in [1.82, 2.24) is 4.98 Å². The SMILES string of the molecule is CCOc1ccccc1C(=O)N(c1ccccn1)C1CCCCC1. The summed E-state index contributed by atoms with van der Waals surface area (Å²) in [6.07, 6.45) is 7.37. The molecule has 1 fully saturated rings. The van der Waals surface area contributed by atoms with Gasteiger partial charge in [-0.25, -0.2) is 4.98 Å². The molecule has 4 heteroatoms. The molecule has 1 heterocycles. The van der Waals surface area contributed by atoms with Crippen molar-refractivity contribution < 1.29 is 9.53 Å². The predicted octanol–water partition coefficient (Wildman–Crippen LogP) is 4.46. The van der Waals surface area contributed by atoms with E-state index in [1.165, 1.54) is 6.42 Å². The number of aromatic nitrogens is 1. The smallest absolute Gasteiger partial charge is 0.263 e. The summed E-state index contributed by atoms with van der Waals surface area (Å²) < 4.78 is 5.66. The Labute approximate surface area is 143 Å². The normalized spacial score (nSPS) is 15.0. The van der Waals surface area contributed by atoms with Crippen LogP contribution in [0.5, 0.6) is 5.75 Å². The van der Waals surface area contributed by atoms with Gasteiger partial charge >= 0.3 is 0 Å². The highest BCUT2D eigenvalue weighted by atomic mass is 16.5. The van der Waals surface area contributed by atoms with Crippen LogP contribution in [0.25, 0.3) is 0 Å². The molecule has 0 radical (unpaired) electrons. The van der Waals surface area contributed by atoms with E-state index in [1.54, 1.807) is 6.20 Å². The van der Waals surface area contributed by atoms with E-state index in [-0.39, 0.29) is 11.9 Å². The minimum Gasteiger partial charge on any atom is -0.493 e. The zero-order valence-electron chi connectivity index (χ0n) is 14.1. The number of amides is 1. The van der Waals surface area contributed by atoms with Crippen molar-refractivity contribution in [3.63, 3.8) is 0 Å². The van der Waals surface area contributed by atoms with Gasteiger partial charge in [0.25, 0.3) is 5.91 Å². The number of hydrogen-bond acceptors (Lipinski definition) is 3. The molecular weight excluding hydrogens is 300 g/mol. The maximum absolute atomic E-state index is 13.3. The summed E-state index contributed by atoms with van der Waals surface area (Å²) >= 11 is 0. The standard InChI is InChI=1S/C20H24N2O2/c1-2-24-18-13-7-6-12-17(18)20(23)22(16-10-4-3-5-11-16)19-14-8-9-15-21-19/h6-9,12-16H,2-5,10-11H2,1H3. The van der Waals surface area contributed by atoms with Crippen LogP contribution in [0.3, 0.4) is 0 Å². The van der Waals surface area contributed by atoms with E-state index in [4.69, 9.17) is 4.74 Å². The number of carbonyl (C=O) groups is 1. The van der Waals surface area contributed by atoms with E-state index in [2.05, 4.69) is 4.98 Å². The fourth-order valence-corrected chi connectivity index (χ4v) is 3.35. The molecule has 1 aliphatic rings. The number of pyridine rings is 1. The van der Waals surface area contributed by atoms with Crippen molar-refractivity contribution in [3.8, 4) is 5.75 Å². The third kappa shape index (κ3) is 3.58. The highest BCUT2D eigenvalue weighted by Crippen LogP contribution is 2.30. The second-order valence-corrected chi connectivity index (χ2v) is 6.08. The fraction of sp³-hybridized carbons (Fsp3) is 0.400. The van der Waals surface area contributed by atoms with Gasteiger partial charge in [-0.1, -0.05) is 37.5 Å². The summed E-state index contributed by atoms with van der Waals surface area (Å²) in [5, 5.41) is 0. The lowest BCUT2D eigenvalue weighted by Crippen LogP contribution is -2.42. The van der Waals surface area contributed by atoms with E-state index in [0.29, 0.717) is 17.9 Å². The average molecular weight is 324 g/mol. The Balaban J connectivity index is 1.97. The molecule has 1 aromatic carbocycles. The van der Waals surface area contributed by atoms with Crippen molar-refractivity contribution >= 4 is 11.7 Å². The maximum Gasteiger partial charge on any atom is 0.263 e. The first-order valence-corrected chi connectivity index (χ1v) is 8.77. The molecule has 3 rings (SSSR count). The van der Waals surface area contributed by atoms with Crippen LogP contribution >= 0.6 is 0 Å². The predicted molar refractivity (Wildman–Crippen MR) is 95.5 cm³/mol. The molecule has 0 aliphatic heterocycles. The van der Waals surface area contributed by atoms with Crippen LogP contribution < -0.4 is 9.64 Å². The lowest BCUT2D eigenvalue weighted by molar-refractivity contribution is 0.0966. The van der Waals surface area contributed by atoms with Gasteiger partial charge < -0.3 is 4.74 Å². The molecule has 1 aromatic heterocycles. The van der Waals surface area contributed by atoms with Crippen LogP contribution in [-0.4, -0.2) is 23.5 Å². The van der Waals surface area contributed by atoms with Gasteiger partial charge in [0.1, 0.15) is 11.6 Å². The van der Waals surface area contributed by atoms with Crippen LogP contribution in [0.4, 0.5) is 5.82 Å². The highest BCUT2D eigenvalue weighted by Gasteiger charge is 2.29. The molecule has 0 atom stereocenters. The molecule has 0 unspecified atom stereocenters. The molecule has 1 saturated carbocycles. The number of ether oxygens (including phenoxy) is 1. The molecule has 0 bridgehead atoms. The van der Waals surface area contributed by atoms with E-state index < -0.39 is 0 Å². The van der Waals surface area contributed by atoms with Gasteiger partial charge in [-0.2, -0.15) is 0 Å². The Hall–Kier alpha value is -2.36. The monoisotopic (exact) mass is 324 g/mol. The first-order chi connectivity index (χ1) is 11.8. The zero-order chi connectivity index (χ0) is 16.8. The van der Waals surface area contributed by atoms with E-state index in [9.17, 15) is 4.79 Å². The first-order valence-electron chi connectivity index (χ1n) is 8.77. The number of benzene rings is 1. The lowest BCUT2D eigenvalue weighted by Gasteiger charge is -2.34. The van der Waals surface area contributed by atoms with Gasteiger partial charge in [-0.15, -0.1) is 0 Å². The molecular formula is C20H24N2O2. The molecule has 0 spiro atoms. The number of nitrogens with zero attached hydrogens (tertiary/aromatic N) is 2. The van der Waals surface area contributed by atoms with Crippen molar-refractivity contribution in [2.45, 2.75) is 45.1 Å². The molecule has 1 aliphatic carbocycles. The van der Waals surface area contributed by atoms with Crippen LogP contribution in [-0.2, 0) is 0 Å². The zero-order valence-corrected chi connectivity index (χ0v) is 14.1. The summed E-state index contributed by atoms with van der Waals surface area (Å²) in [7, 11) is 0. The van der Waals surface area contributed by atoms with Gasteiger partial charge in [0.05, 0.1) is 12.2 Å². The van der Waals surface area contributed by atoms with Gasteiger partial charge in [0, 0.05) is 12.2 Å². The van der Waals surface area contributed by atoms with Gasteiger partial charge in [0.15, 0.2) is 0 Å². The quantitative estimate of drug-likeness (QED) is 0.815. The summed E-state index contributed by atoms with van der Waals surface area (Å²) in [5.74, 6) is 1.34. The Bertz CT molecular complexity index is 666. The molecule has 1 amide bonds. The molecule has 0 N–H and O–H groups in total. The van der Waals surface area contributed by atoms with E-state index >= 15 is 0 Å². The van der Waals surface area contributed by atoms with Crippen molar-refractivity contribution in [2.24, 2.45) is 0 Å². The topological polar surface area (TPSA) is 42.4 Å². The average Bonchev–Trinajstić information content (AvgIpc) is 2.64. The Morgan fingerprint density at radius 1 is 1.12 bits per heavy atom. The minimum absolute atomic E-state index is 0.0235.